The van der Waals surface area contributed by atoms with E-state index in [-0.39, 0.29) is 24.0 Å². The van der Waals surface area contributed by atoms with Gasteiger partial charge in [-0.25, -0.2) is 8.42 Å². The molecule has 5 rings (SSSR count). The summed E-state index contributed by atoms with van der Waals surface area (Å²) in [5.74, 6) is -0.215. The molecule has 2 aliphatic rings. The quantitative estimate of drug-likeness (QED) is 0.544. The van der Waals surface area contributed by atoms with Crippen molar-refractivity contribution in [3.63, 3.8) is 0 Å². The maximum absolute atomic E-state index is 13.1. The molecule has 3 aromatic rings. The standard InChI is InChI=1S/C23H24ClN5O3S/c24-20-6-7-21-19(12-20)13-22(26-21)33(31,32)29-11-10-27(23(30)16-29)15-18-4-2-17(3-5-18)14-25-28-8-1-9-28/h2-7,12-14,26H,1,8-11,15-16H2/b25-14+. The molecule has 0 aliphatic carbocycles. The summed E-state index contributed by atoms with van der Waals surface area (Å²) < 4.78 is 27.4. The van der Waals surface area contributed by atoms with E-state index in [1.165, 1.54) is 10.7 Å². The molecule has 2 saturated heterocycles. The number of amides is 1. The van der Waals surface area contributed by atoms with E-state index >= 15 is 0 Å². The molecule has 2 aromatic carbocycles. The SMILES string of the molecule is O=C1CN(S(=O)(=O)c2cc3cc(Cl)ccc3[nH]2)CCN1Cc1ccc(/C=N/N2CCC2)cc1. The molecule has 0 unspecified atom stereocenters. The Bertz CT molecular complexity index is 1320. The molecule has 0 bridgehead atoms. The van der Waals surface area contributed by atoms with Crippen LogP contribution in [0.25, 0.3) is 10.9 Å². The molecule has 2 aliphatic heterocycles. The van der Waals surface area contributed by atoms with Gasteiger partial charge >= 0.3 is 0 Å². The molecule has 3 heterocycles. The van der Waals surface area contributed by atoms with Gasteiger partial charge in [-0.2, -0.15) is 9.41 Å². The zero-order valence-electron chi connectivity index (χ0n) is 17.9. The van der Waals surface area contributed by atoms with Crippen molar-refractivity contribution in [3.8, 4) is 0 Å². The number of benzene rings is 2. The van der Waals surface area contributed by atoms with Crippen LogP contribution in [0, 0.1) is 0 Å². The zero-order valence-corrected chi connectivity index (χ0v) is 19.5. The summed E-state index contributed by atoms with van der Waals surface area (Å²) in [6.07, 6.45) is 3.03. The molecule has 10 heteroatoms. The van der Waals surface area contributed by atoms with Gasteiger partial charge in [0.15, 0.2) is 0 Å². The Morgan fingerprint density at radius 3 is 2.52 bits per heavy atom. The molecule has 172 valence electrons. The Morgan fingerprint density at radius 1 is 1.03 bits per heavy atom. The van der Waals surface area contributed by atoms with Crippen LogP contribution in [0.2, 0.25) is 5.02 Å². The Balaban J connectivity index is 1.22. The van der Waals surface area contributed by atoms with Crippen molar-refractivity contribution in [2.45, 2.75) is 18.0 Å². The third-order valence-corrected chi connectivity index (χ3v) is 8.02. The van der Waals surface area contributed by atoms with E-state index in [2.05, 4.69) is 10.1 Å². The normalized spacial score (nSPS) is 17.8. The fraction of sp³-hybridized carbons (Fsp3) is 0.304. The molecule has 0 saturated carbocycles. The number of nitrogens with zero attached hydrogens (tertiary/aromatic N) is 4. The predicted octanol–water partition coefficient (Wildman–Crippen LogP) is 2.89. The second kappa shape index (κ2) is 8.81. The summed E-state index contributed by atoms with van der Waals surface area (Å²) in [7, 11) is -3.81. The Morgan fingerprint density at radius 2 is 1.82 bits per heavy atom. The molecule has 0 spiro atoms. The maximum atomic E-state index is 13.1. The van der Waals surface area contributed by atoms with Crippen LogP contribution in [0.4, 0.5) is 0 Å². The molecule has 8 nitrogen and oxygen atoms in total. The first-order chi connectivity index (χ1) is 15.9. The first-order valence-corrected chi connectivity index (χ1v) is 12.6. The van der Waals surface area contributed by atoms with Crippen LogP contribution < -0.4 is 0 Å². The van der Waals surface area contributed by atoms with Gasteiger partial charge in [0.2, 0.25) is 5.91 Å². The summed E-state index contributed by atoms with van der Waals surface area (Å²) >= 11 is 6.01. The number of hydrogen-bond donors (Lipinski definition) is 1. The van der Waals surface area contributed by atoms with Gasteiger partial charge in [0.1, 0.15) is 5.03 Å². The number of H-pyrrole nitrogens is 1. The summed E-state index contributed by atoms with van der Waals surface area (Å²) in [6.45, 7) is 2.85. The van der Waals surface area contributed by atoms with Gasteiger partial charge in [0.05, 0.1) is 12.8 Å². The molecule has 2 fully saturated rings. The molecule has 1 aromatic heterocycles. The largest absolute Gasteiger partial charge is 0.345 e. The number of hydrogen-bond acceptors (Lipinski definition) is 5. The van der Waals surface area contributed by atoms with Crippen LogP contribution in [-0.4, -0.2) is 72.5 Å². The fourth-order valence-electron chi connectivity index (χ4n) is 3.91. The second-order valence-electron chi connectivity index (χ2n) is 8.31. The summed E-state index contributed by atoms with van der Waals surface area (Å²) in [6, 6.07) is 14.6. The van der Waals surface area contributed by atoms with E-state index in [0.29, 0.717) is 29.0 Å². The third kappa shape index (κ3) is 4.62. The summed E-state index contributed by atoms with van der Waals surface area (Å²) in [5, 5.41) is 7.73. The molecule has 33 heavy (non-hydrogen) atoms. The van der Waals surface area contributed by atoms with Crippen LogP contribution in [-0.2, 0) is 21.4 Å². The lowest BCUT2D eigenvalue weighted by atomic mass is 10.1. The van der Waals surface area contributed by atoms with E-state index in [0.717, 1.165) is 24.2 Å². The van der Waals surface area contributed by atoms with Crippen LogP contribution in [0.1, 0.15) is 17.5 Å². The average Bonchev–Trinajstić information content (AvgIpc) is 3.19. The second-order valence-corrected chi connectivity index (χ2v) is 10.7. The van der Waals surface area contributed by atoms with Crippen molar-refractivity contribution in [2.75, 3.05) is 32.7 Å². The van der Waals surface area contributed by atoms with Crippen LogP contribution >= 0.6 is 11.6 Å². The number of carbonyl (C=O) groups is 1. The van der Waals surface area contributed by atoms with Gasteiger partial charge in [-0.1, -0.05) is 35.9 Å². The number of aromatic amines is 1. The van der Waals surface area contributed by atoms with Gasteiger partial charge in [-0.05, 0) is 41.8 Å². The topological polar surface area (TPSA) is 89.1 Å². The average molecular weight is 486 g/mol. The van der Waals surface area contributed by atoms with Crippen LogP contribution in [0.15, 0.2) is 58.7 Å². The van der Waals surface area contributed by atoms with Crippen molar-refractivity contribution in [3.05, 3.63) is 64.7 Å². The minimum Gasteiger partial charge on any atom is -0.345 e. The number of halogens is 1. The zero-order chi connectivity index (χ0) is 23.0. The first-order valence-electron chi connectivity index (χ1n) is 10.8. The Hall–Kier alpha value is -2.88. The van der Waals surface area contributed by atoms with E-state index in [1.807, 2.05) is 35.5 Å². The lowest BCUT2D eigenvalue weighted by Gasteiger charge is -2.33. The Labute approximate surface area is 197 Å². The highest BCUT2D eigenvalue weighted by molar-refractivity contribution is 7.89. The van der Waals surface area contributed by atoms with Crippen molar-refractivity contribution >= 4 is 44.6 Å². The smallest absolute Gasteiger partial charge is 0.259 e. The minimum absolute atomic E-state index is 0.0662. The van der Waals surface area contributed by atoms with Gasteiger partial charge in [0.25, 0.3) is 10.0 Å². The molecule has 1 N–H and O–H groups in total. The number of fused-ring (bicyclic) bond motifs is 1. The van der Waals surface area contributed by atoms with Crippen LogP contribution in [0.5, 0.6) is 0 Å². The number of carbonyl (C=O) groups excluding carboxylic acids is 1. The predicted molar refractivity (Wildman–Crippen MR) is 128 cm³/mol. The molecular weight excluding hydrogens is 462 g/mol. The lowest BCUT2D eigenvalue weighted by molar-refractivity contribution is -0.134. The van der Waals surface area contributed by atoms with Crippen molar-refractivity contribution in [1.29, 1.82) is 0 Å². The molecule has 0 atom stereocenters. The number of rotatable bonds is 6. The summed E-state index contributed by atoms with van der Waals surface area (Å²) in [5.41, 5.74) is 2.68. The molecule has 0 radical (unpaired) electrons. The van der Waals surface area contributed by atoms with Crippen molar-refractivity contribution in [1.82, 2.24) is 19.2 Å². The van der Waals surface area contributed by atoms with Gasteiger partial charge in [0, 0.05) is 48.6 Å². The highest BCUT2D eigenvalue weighted by atomic mass is 35.5. The third-order valence-electron chi connectivity index (χ3n) is 6.02. The number of sulfonamides is 1. The van der Waals surface area contributed by atoms with Crippen molar-refractivity contribution < 1.29 is 13.2 Å². The van der Waals surface area contributed by atoms with Crippen LogP contribution in [0.3, 0.4) is 0 Å². The monoisotopic (exact) mass is 485 g/mol. The molecular formula is C23H24ClN5O3S. The number of piperazine rings is 1. The van der Waals surface area contributed by atoms with Gasteiger partial charge in [-0.3, -0.25) is 9.80 Å². The van der Waals surface area contributed by atoms with E-state index in [9.17, 15) is 13.2 Å². The maximum Gasteiger partial charge on any atom is 0.259 e. The Kier molecular flexibility index (Phi) is 5.86. The minimum atomic E-state index is -3.81. The summed E-state index contributed by atoms with van der Waals surface area (Å²) in [4.78, 5) is 17.4. The van der Waals surface area contributed by atoms with E-state index in [1.54, 1.807) is 29.2 Å². The highest BCUT2D eigenvalue weighted by Gasteiger charge is 2.33. The lowest BCUT2D eigenvalue weighted by Crippen LogP contribution is -2.51. The number of hydrazone groups is 1. The van der Waals surface area contributed by atoms with Crippen molar-refractivity contribution in [2.24, 2.45) is 5.10 Å². The first kappa shape index (κ1) is 21.9. The number of aromatic nitrogens is 1. The highest BCUT2D eigenvalue weighted by Crippen LogP contribution is 2.25. The van der Waals surface area contributed by atoms with Gasteiger partial charge < -0.3 is 9.88 Å². The van der Waals surface area contributed by atoms with E-state index < -0.39 is 10.0 Å². The fourth-order valence-corrected chi connectivity index (χ4v) is 5.48. The van der Waals surface area contributed by atoms with Gasteiger partial charge in [-0.15, -0.1) is 0 Å². The number of nitrogens with one attached hydrogen (secondary N) is 1. The van der Waals surface area contributed by atoms with E-state index in [4.69, 9.17) is 11.6 Å². The molecule has 1 amide bonds.